The van der Waals surface area contributed by atoms with Crippen molar-refractivity contribution in [1.29, 1.82) is 0 Å². The Morgan fingerprint density at radius 1 is 1.27 bits per heavy atom. The number of benzene rings is 1. The first kappa shape index (κ1) is 15.1. The van der Waals surface area contributed by atoms with Gasteiger partial charge in [-0.15, -0.1) is 11.3 Å². The Morgan fingerprint density at radius 3 is 2.50 bits per heavy atom. The third kappa shape index (κ3) is 2.86. The molecule has 1 aromatic carbocycles. The van der Waals surface area contributed by atoms with Crippen molar-refractivity contribution in [2.24, 2.45) is 0 Å². The number of thiazole rings is 1. The third-order valence-electron chi connectivity index (χ3n) is 3.74. The number of non-ortho nitro benzene ring substituents is 1. The minimum Gasteiger partial charge on any atom is -0.367 e. The number of piperazine rings is 1. The largest absolute Gasteiger partial charge is 0.367 e. The molecule has 0 bridgehead atoms. The Hall–Kier alpha value is -1.86. The summed E-state index contributed by atoms with van der Waals surface area (Å²) in [6, 6.07) is 3.01. The van der Waals surface area contributed by atoms with Crippen molar-refractivity contribution < 1.29 is 4.92 Å². The van der Waals surface area contributed by atoms with Crippen LogP contribution in [0.2, 0.25) is 5.02 Å². The fourth-order valence-corrected chi connectivity index (χ4v) is 3.79. The lowest BCUT2D eigenvalue weighted by Gasteiger charge is -2.37. The van der Waals surface area contributed by atoms with Gasteiger partial charge in [-0.25, -0.2) is 4.98 Å². The summed E-state index contributed by atoms with van der Waals surface area (Å²) in [7, 11) is 0. The Bertz CT molecular complexity index is 661. The molecule has 1 aromatic heterocycles. The molecule has 0 radical (unpaired) electrons. The zero-order chi connectivity index (χ0) is 15.7. The summed E-state index contributed by atoms with van der Waals surface area (Å²) in [4.78, 5) is 19.2. The topological polar surface area (TPSA) is 62.5 Å². The lowest BCUT2D eigenvalue weighted by molar-refractivity contribution is -0.384. The average molecular weight is 339 g/mol. The van der Waals surface area contributed by atoms with Crippen molar-refractivity contribution in [1.82, 2.24) is 4.98 Å². The monoisotopic (exact) mass is 338 g/mol. The number of hydrogen-bond acceptors (Lipinski definition) is 6. The van der Waals surface area contributed by atoms with E-state index in [0.717, 1.165) is 42.6 Å². The normalized spacial score (nSPS) is 15.2. The summed E-state index contributed by atoms with van der Waals surface area (Å²) in [5.41, 5.74) is 1.76. The van der Waals surface area contributed by atoms with Gasteiger partial charge in [0.25, 0.3) is 5.69 Å². The molecule has 6 nitrogen and oxygen atoms in total. The first-order valence-electron chi connectivity index (χ1n) is 6.90. The summed E-state index contributed by atoms with van der Waals surface area (Å²) < 4.78 is 0. The van der Waals surface area contributed by atoms with Gasteiger partial charge in [0.15, 0.2) is 5.13 Å². The quantitative estimate of drug-likeness (QED) is 0.634. The Labute approximate surface area is 137 Å². The number of rotatable bonds is 3. The van der Waals surface area contributed by atoms with Crippen LogP contribution in [0.5, 0.6) is 0 Å². The van der Waals surface area contributed by atoms with Gasteiger partial charge in [0, 0.05) is 49.9 Å². The van der Waals surface area contributed by atoms with Gasteiger partial charge in [0.1, 0.15) is 0 Å². The van der Waals surface area contributed by atoms with Crippen LogP contribution in [-0.4, -0.2) is 36.1 Å². The Balaban J connectivity index is 1.77. The molecule has 0 amide bonds. The first-order chi connectivity index (χ1) is 10.6. The molecule has 22 heavy (non-hydrogen) atoms. The van der Waals surface area contributed by atoms with Crippen LogP contribution in [0.25, 0.3) is 0 Å². The highest BCUT2D eigenvalue weighted by atomic mass is 35.5. The highest BCUT2D eigenvalue weighted by Gasteiger charge is 2.23. The van der Waals surface area contributed by atoms with E-state index in [-0.39, 0.29) is 5.69 Å². The van der Waals surface area contributed by atoms with E-state index >= 15 is 0 Å². The lowest BCUT2D eigenvalue weighted by Crippen LogP contribution is -2.46. The van der Waals surface area contributed by atoms with Gasteiger partial charge in [0.05, 0.1) is 15.6 Å². The van der Waals surface area contributed by atoms with Crippen molar-refractivity contribution in [3.8, 4) is 0 Å². The van der Waals surface area contributed by atoms with Gasteiger partial charge in [-0.05, 0) is 12.5 Å². The standard InChI is InChI=1S/C14H15ClN4O2S/c1-10-8-11(19(20)21)9-12(15)13(10)17-3-5-18(6-4-17)14-16-2-7-22-14/h2,7-9H,3-6H2,1H3. The van der Waals surface area contributed by atoms with E-state index in [0.29, 0.717) is 5.02 Å². The zero-order valence-electron chi connectivity index (χ0n) is 12.0. The molecule has 3 rings (SSSR count). The van der Waals surface area contributed by atoms with E-state index in [9.17, 15) is 10.1 Å². The van der Waals surface area contributed by atoms with Crippen LogP contribution in [0.15, 0.2) is 23.7 Å². The van der Waals surface area contributed by atoms with Crippen LogP contribution < -0.4 is 9.80 Å². The van der Waals surface area contributed by atoms with Gasteiger partial charge in [-0.1, -0.05) is 11.6 Å². The van der Waals surface area contributed by atoms with Crippen molar-refractivity contribution in [2.45, 2.75) is 6.92 Å². The minimum absolute atomic E-state index is 0.0349. The van der Waals surface area contributed by atoms with Crippen molar-refractivity contribution >= 4 is 39.4 Å². The van der Waals surface area contributed by atoms with Crippen LogP contribution >= 0.6 is 22.9 Å². The number of nitrogens with zero attached hydrogens (tertiary/aromatic N) is 4. The molecule has 0 unspecified atom stereocenters. The summed E-state index contributed by atoms with van der Waals surface area (Å²) in [5, 5.41) is 14.3. The molecule has 8 heteroatoms. The number of nitro benzene ring substituents is 1. The number of nitro groups is 1. The molecule has 116 valence electrons. The highest BCUT2D eigenvalue weighted by molar-refractivity contribution is 7.13. The predicted molar refractivity (Wildman–Crippen MR) is 89.4 cm³/mol. The van der Waals surface area contributed by atoms with Gasteiger partial charge >= 0.3 is 0 Å². The minimum atomic E-state index is -0.414. The van der Waals surface area contributed by atoms with Gasteiger partial charge in [-0.3, -0.25) is 10.1 Å². The summed E-state index contributed by atoms with van der Waals surface area (Å²) >= 11 is 7.91. The Morgan fingerprint density at radius 2 is 1.95 bits per heavy atom. The summed E-state index contributed by atoms with van der Waals surface area (Å²) in [5.74, 6) is 0. The molecule has 0 saturated carbocycles. The lowest BCUT2D eigenvalue weighted by atomic mass is 10.1. The van der Waals surface area contributed by atoms with Crippen LogP contribution in [0.4, 0.5) is 16.5 Å². The second-order valence-electron chi connectivity index (χ2n) is 5.14. The van der Waals surface area contributed by atoms with Gasteiger partial charge < -0.3 is 9.80 Å². The van der Waals surface area contributed by atoms with Crippen molar-refractivity contribution in [3.63, 3.8) is 0 Å². The van der Waals surface area contributed by atoms with Gasteiger partial charge in [-0.2, -0.15) is 0 Å². The van der Waals surface area contributed by atoms with Crippen molar-refractivity contribution in [2.75, 3.05) is 36.0 Å². The number of aromatic nitrogens is 1. The third-order valence-corrected chi connectivity index (χ3v) is 4.86. The fourth-order valence-electron chi connectivity index (χ4n) is 2.72. The van der Waals surface area contributed by atoms with Crippen molar-refractivity contribution in [3.05, 3.63) is 44.4 Å². The Kier molecular flexibility index (Phi) is 4.17. The smallest absolute Gasteiger partial charge is 0.271 e. The molecule has 1 saturated heterocycles. The molecular formula is C14H15ClN4O2S. The highest BCUT2D eigenvalue weighted by Crippen LogP contribution is 2.34. The van der Waals surface area contributed by atoms with Crippen LogP contribution in [0, 0.1) is 17.0 Å². The predicted octanol–water partition coefficient (Wildman–Crippen LogP) is 3.34. The average Bonchev–Trinajstić information content (AvgIpc) is 3.01. The van der Waals surface area contributed by atoms with E-state index < -0.39 is 4.92 Å². The number of aryl methyl sites for hydroxylation is 1. The molecule has 2 heterocycles. The molecule has 0 spiro atoms. The first-order valence-corrected chi connectivity index (χ1v) is 8.16. The maximum atomic E-state index is 10.9. The van der Waals surface area contributed by atoms with E-state index in [1.54, 1.807) is 17.4 Å². The maximum Gasteiger partial charge on any atom is 0.271 e. The van der Waals surface area contributed by atoms with E-state index in [1.807, 2.05) is 18.5 Å². The number of hydrogen-bond donors (Lipinski definition) is 0. The number of halogens is 1. The molecule has 1 fully saturated rings. The van der Waals surface area contributed by atoms with Gasteiger partial charge in [0.2, 0.25) is 0 Å². The molecule has 0 atom stereocenters. The molecular weight excluding hydrogens is 324 g/mol. The zero-order valence-corrected chi connectivity index (χ0v) is 13.6. The fraction of sp³-hybridized carbons (Fsp3) is 0.357. The second-order valence-corrected chi connectivity index (χ2v) is 6.42. The van der Waals surface area contributed by atoms with Crippen LogP contribution in [0.1, 0.15) is 5.56 Å². The summed E-state index contributed by atoms with van der Waals surface area (Å²) in [6.45, 7) is 5.22. The SMILES string of the molecule is Cc1cc([N+](=O)[O-])cc(Cl)c1N1CCN(c2nccs2)CC1. The second kappa shape index (κ2) is 6.10. The molecule has 0 aliphatic carbocycles. The molecule has 2 aromatic rings. The van der Waals surface area contributed by atoms with E-state index in [1.165, 1.54) is 6.07 Å². The van der Waals surface area contributed by atoms with Crippen LogP contribution in [-0.2, 0) is 0 Å². The molecule has 0 N–H and O–H groups in total. The van der Waals surface area contributed by atoms with Crippen LogP contribution in [0.3, 0.4) is 0 Å². The van der Waals surface area contributed by atoms with E-state index in [4.69, 9.17) is 11.6 Å². The summed E-state index contributed by atoms with van der Waals surface area (Å²) in [6.07, 6.45) is 1.81. The van der Waals surface area contributed by atoms with E-state index in [2.05, 4.69) is 14.8 Å². The molecule has 1 aliphatic rings. The number of anilines is 2. The molecule has 1 aliphatic heterocycles. The maximum absolute atomic E-state index is 10.9.